The number of thiocarbonyl (C=S) groups is 1. The molecule has 1 N–H and O–H groups in total. The molecule has 0 spiro atoms. The molecule has 0 aromatic heterocycles. The van der Waals surface area contributed by atoms with Crippen LogP contribution in [-0.4, -0.2) is 42.8 Å². The number of carbonyl (C=O) groups is 1. The van der Waals surface area contributed by atoms with Crippen LogP contribution < -0.4 is 5.32 Å². The molecule has 0 fully saturated rings. The molecule has 1 aliphatic heterocycles. The van der Waals surface area contributed by atoms with Gasteiger partial charge in [-0.25, -0.2) is 9.18 Å². The van der Waals surface area contributed by atoms with Gasteiger partial charge in [0.2, 0.25) is 0 Å². The number of ether oxygens (including phenoxy) is 2. The third-order valence-electron chi connectivity index (χ3n) is 3.97. The third kappa shape index (κ3) is 4.55. The van der Waals surface area contributed by atoms with E-state index >= 15 is 0 Å². The third-order valence-corrected chi connectivity index (χ3v) is 4.30. The molecule has 0 unspecified atom stereocenters. The number of hydrogen-bond donors (Lipinski definition) is 1. The zero-order valence-electron chi connectivity index (χ0n) is 14.7. The topological polar surface area (TPSA) is 50.8 Å². The maximum Gasteiger partial charge on any atom is 0.338 e. The second-order valence-corrected chi connectivity index (χ2v) is 6.10. The molecule has 0 amide bonds. The molecule has 1 aliphatic rings. The Bertz CT molecular complexity index is 678. The van der Waals surface area contributed by atoms with Crippen molar-refractivity contribution in [2.45, 2.75) is 26.3 Å². The fraction of sp³-hybridized carbons (Fsp3) is 0.444. The van der Waals surface area contributed by atoms with Gasteiger partial charge < -0.3 is 19.7 Å². The van der Waals surface area contributed by atoms with E-state index in [9.17, 15) is 9.18 Å². The first kappa shape index (κ1) is 19.3. The summed E-state index contributed by atoms with van der Waals surface area (Å²) in [4.78, 5) is 14.5. The van der Waals surface area contributed by atoms with Crippen molar-refractivity contribution in [3.8, 4) is 0 Å². The second kappa shape index (κ2) is 8.92. The molecular formula is C18H23FN2O3S. The smallest absolute Gasteiger partial charge is 0.338 e. The van der Waals surface area contributed by atoms with Gasteiger partial charge >= 0.3 is 5.97 Å². The summed E-state index contributed by atoms with van der Waals surface area (Å²) in [6.07, 6.45) is 0.871. The monoisotopic (exact) mass is 366 g/mol. The summed E-state index contributed by atoms with van der Waals surface area (Å²) in [6.45, 7) is 5.02. The van der Waals surface area contributed by atoms with Crippen molar-refractivity contribution < 1.29 is 18.7 Å². The number of benzene rings is 1. The number of nitrogens with one attached hydrogen (secondary N) is 1. The first-order valence-corrected chi connectivity index (χ1v) is 8.60. The van der Waals surface area contributed by atoms with E-state index in [1.54, 1.807) is 12.1 Å². The number of rotatable bonds is 7. The SMILES string of the molecule is CCCN1C(=S)N[C@H](c2cccc(F)c2)C(C(=O)OCCOC)=C1C. The van der Waals surface area contributed by atoms with Crippen LogP contribution in [0.3, 0.4) is 0 Å². The Labute approximate surface area is 152 Å². The molecule has 0 saturated carbocycles. The average Bonchev–Trinajstić information content (AvgIpc) is 2.58. The van der Waals surface area contributed by atoms with Gasteiger partial charge in [-0.3, -0.25) is 0 Å². The Morgan fingerprint density at radius 3 is 2.80 bits per heavy atom. The molecule has 1 aromatic carbocycles. The van der Waals surface area contributed by atoms with Crippen molar-refractivity contribution >= 4 is 23.3 Å². The molecule has 5 nitrogen and oxygen atoms in total. The number of nitrogens with zero attached hydrogens (tertiary/aromatic N) is 1. The highest BCUT2D eigenvalue weighted by molar-refractivity contribution is 7.80. The van der Waals surface area contributed by atoms with Gasteiger partial charge in [0, 0.05) is 19.4 Å². The summed E-state index contributed by atoms with van der Waals surface area (Å²) in [5.41, 5.74) is 1.78. The molecule has 1 aromatic rings. The summed E-state index contributed by atoms with van der Waals surface area (Å²) in [5, 5.41) is 3.66. The van der Waals surface area contributed by atoms with Crippen LogP contribution in [0.5, 0.6) is 0 Å². The van der Waals surface area contributed by atoms with E-state index in [-0.39, 0.29) is 12.4 Å². The predicted molar refractivity (Wildman–Crippen MR) is 97.4 cm³/mol. The minimum atomic E-state index is -0.550. The standard InChI is InChI=1S/C18H23FN2O3S/c1-4-8-21-12(2)15(17(22)24-10-9-23-3)16(20-18(21)25)13-6-5-7-14(19)11-13/h5-7,11,16H,4,8-10H2,1-3H3,(H,20,25)/t16-/m1/s1. The van der Waals surface area contributed by atoms with Crippen LogP contribution in [0.4, 0.5) is 4.39 Å². The number of halogens is 1. The van der Waals surface area contributed by atoms with Crippen LogP contribution in [0.2, 0.25) is 0 Å². The lowest BCUT2D eigenvalue weighted by molar-refractivity contribution is -0.140. The van der Waals surface area contributed by atoms with E-state index in [2.05, 4.69) is 5.32 Å². The van der Waals surface area contributed by atoms with Crippen LogP contribution in [0.25, 0.3) is 0 Å². The maximum atomic E-state index is 13.7. The van der Waals surface area contributed by atoms with Gasteiger partial charge in [0.05, 0.1) is 18.2 Å². The van der Waals surface area contributed by atoms with Gasteiger partial charge in [0.25, 0.3) is 0 Å². The lowest BCUT2D eigenvalue weighted by Crippen LogP contribution is -2.48. The summed E-state index contributed by atoms with van der Waals surface area (Å²) in [7, 11) is 1.54. The van der Waals surface area contributed by atoms with E-state index < -0.39 is 12.0 Å². The van der Waals surface area contributed by atoms with E-state index in [1.807, 2.05) is 18.7 Å². The van der Waals surface area contributed by atoms with E-state index in [0.29, 0.717) is 29.4 Å². The van der Waals surface area contributed by atoms with Gasteiger partial charge in [-0.2, -0.15) is 0 Å². The molecular weight excluding hydrogens is 343 g/mol. The van der Waals surface area contributed by atoms with Crippen LogP contribution in [0, 0.1) is 5.82 Å². The molecule has 25 heavy (non-hydrogen) atoms. The number of allylic oxidation sites excluding steroid dienone is 1. The Hall–Kier alpha value is -1.99. The number of esters is 1. The van der Waals surface area contributed by atoms with E-state index in [1.165, 1.54) is 19.2 Å². The Morgan fingerprint density at radius 2 is 2.16 bits per heavy atom. The zero-order chi connectivity index (χ0) is 18.4. The van der Waals surface area contributed by atoms with Crippen LogP contribution in [-0.2, 0) is 14.3 Å². The highest BCUT2D eigenvalue weighted by Crippen LogP contribution is 2.31. The fourth-order valence-electron chi connectivity index (χ4n) is 2.77. The number of carbonyl (C=O) groups excluding carboxylic acids is 1. The Morgan fingerprint density at radius 1 is 1.40 bits per heavy atom. The molecule has 0 bridgehead atoms. The average molecular weight is 366 g/mol. The van der Waals surface area contributed by atoms with Crippen molar-refractivity contribution in [3.05, 3.63) is 46.9 Å². The minimum absolute atomic E-state index is 0.153. The van der Waals surface area contributed by atoms with E-state index in [0.717, 1.165) is 12.1 Å². The molecule has 0 saturated heterocycles. The molecule has 0 radical (unpaired) electrons. The van der Waals surface area contributed by atoms with Gasteiger partial charge in [-0.05, 0) is 43.3 Å². The molecule has 1 heterocycles. The highest BCUT2D eigenvalue weighted by Gasteiger charge is 2.34. The van der Waals surface area contributed by atoms with Crippen LogP contribution >= 0.6 is 12.2 Å². The lowest BCUT2D eigenvalue weighted by Gasteiger charge is -2.37. The summed E-state index contributed by atoms with van der Waals surface area (Å²) >= 11 is 5.44. The quantitative estimate of drug-likeness (QED) is 0.455. The van der Waals surface area contributed by atoms with E-state index in [4.69, 9.17) is 21.7 Å². The number of hydrogen-bond acceptors (Lipinski definition) is 4. The molecule has 1 atom stereocenters. The zero-order valence-corrected chi connectivity index (χ0v) is 15.5. The molecule has 0 aliphatic carbocycles. The maximum absolute atomic E-state index is 13.7. The largest absolute Gasteiger partial charge is 0.460 e. The lowest BCUT2D eigenvalue weighted by atomic mass is 9.95. The minimum Gasteiger partial charge on any atom is -0.460 e. The van der Waals surface area contributed by atoms with Gasteiger partial charge in [-0.1, -0.05) is 19.1 Å². The number of methoxy groups -OCH3 is 1. The summed E-state index contributed by atoms with van der Waals surface area (Å²) in [5.74, 6) is -0.828. The van der Waals surface area contributed by atoms with Gasteiger partial charge in [0.15, 0.2) is 5.11 Å². The summed E-state index contributed by atoms with van der Waals surface area (Å²) in [6, 6.07) is 5.57. The van der Waals surface area contributed by atoms with Gasteiger partial charge in [0.1, 0.15) is 12.4 Å². The van der Waals surface area contributed by atoms with Crippen LogP contribution in [0.15, 0.2) is 35.5 Å². The predicted octanol–water partition coefficient (Wildman–Crippen LogP) is 2.93. The Balaban J connectivity index is 2.41. The summed E-state index contributed by atoms with van der Waals surface area (Å²) < 4.78 is 23.9. The first-order chi connectivity index (χ1) is 12.0. The molecule has 2 rings (SSSR count). The Kier molecular flexibility index (Phi) is 6.90. The van der Waals surface area contributed by atoms with Crippen molar-refractivity contribution in [2.75, 3.05) is 26.9 Å². The fourth-order valence-corrected chi connectivity index (χ4v) is 3.12. The van der Waals surface area contributed by atoms with Crippen molar-refractivity contribution in [1.82, 2.24) is 10.2 Å². The van der Waals surface area contributed by atoms with Gasteiger partial charge in [-0.15, -0.1) is 0 Å². The molecule has 136 valence electrons. The first-order valence-electron chi connectivity index (χ1n) is 8.19. The normalized spacial score (nSPS) is 17.5. The second-order valence-electron chi connectivity index (χ2n) is 5.72. The van der Waals surface area contributed by atoms with Crippen molar-refractivity contribution in [1.29, 1.82) is 0 Å². The molecule has 7 heteroatoms. The van der Waals surface area contributed by atoms with Crippen molar-refractivity contribution in [3.63, 3.8) is 0 Å². The van der Waals surface area contributed by atoms with Crippen molar-refractivity contribution in [2.24, 2.45) is 0 Å². The highest BCUT2D eigenvalue weighted by atomic mass is 32.1. The van der Waals surface area contributed by atoms with Crippen LogP contribution in [0.1, 0.15) is 31.9 Å².